The maximum atomic E-state index is 13.2. The van der Waals surface area contributed by atoms with Gasteiger partial charge in [0.15, 0.2) is 0 Å². The number of carbonyl (C=O) groups excluding carboxylic acids is 1. The maximum absolute atomic E-state index is 13.2. The third kappa shape index (κ3) is 4.83. The number of para-hydroxylation sites is 1. The SMILES string of the molecule is CCOc1ccc(S(=O)(=O)N2CCC(C(=O)N(C)Cc3c(CC)oc4ccccc34)CC2)cc1. The summed E-state index contributed by atoms with van der Waals surface area (Å²) in [4.78, 5) is 15.2. The molecule has 1 aliphatic rings. The fourth-order valence-electron chi connectivity index (χ4n) is 4.60. The molecule has 1 aliphatic heterocycles. The third-order valence-electron chi connectivity index (χ3n) is 6.45. The quantitative estimate of drug-likeness (QED) is 0.472. The summed E-state index contributed by atoms with van der Waals surface area (Å²) in [6.07, 6.45) is 1.77. The van der Waals surface area contributed by atoms with E-state index >= 15 is 0 Å². The summed E-state index contributed by atoms with van der Waals surface area (Å²) in [6, 6.07) is 14.4. The number of hydrogen-bond donors (Lipinski definition) is 0. The summed E-state index contributed by atoms with van der Waals surface area (Å²) in [5.74, 6) is 1.40. The first-order valence-corrected chi connectivity index (χ1v) is 13.3. The van der Waals surface area contributed by atoms with Crippen molar-refractivity contribution in [2.24, 2.45) is 5.92 Å². The zero-order valence-corrected chi connectivity index (χ0v) is 20.8. The molecule has 1 aromatic heterocycles. The summed E-state index contributed by atoms with van der Waals surface area (Å²) in [6.45, 7) is 5.59. The zero-order chi connectivity index (χ0) is 24.3. The molecule has 0 N–H and O–H groups in total. The van der Waals surface area contributed by atoms with E-state index in [-0.39, 0.29) is 16.7 Å². The van der Waals surface area contributed by atoms with E-state index in [9.17, 15) is 13.2 Å². The van der Waals surface area contributed by atoms with Gasteiger partial charge in [0.25, 0.3) is 0 Å². The normalized spacial score (nSPS) is 15.5. The van der Waals surface area contributed by atoms with Crippen LogP contribution in [-0.2, 0) is 27.8 Å². The first-order valence-electron chi connectivity index (χ1n) is 11.8. The Bertz CT molecular complexity index is 1240. The molecule has 2 heterocycles. The number of rotatable bonds is 8. The molecule has 0 spiro atoms. The van der Waals surface area contributed by atoms with Crippen molar-refractivity contribution in [1.29, 1.82) is 0 Å². The van der Waals surface area contributed by atoms with Gasteiger partial charge in [-0.15, -0.1) is 0 Å². The van der Waals surface area contributed by atoms with E-state index in [4.69, 9.17) is 9.15 Å². The Balaban J connectivity index is 1.40. The van der Waals surface area contributed by atoms with Gasteiger partial charge in [-0.25, -0.2) is 8.42 Å². The lowest BCUT2D eigenvalue weighted by Gasteiger charge is -2.32. The molecule has 1 saturated heterocycles. The molecule has 0 saturated carbocycles. The van der Waals surface area contributed by atoms with E-state index < -0.39 is 10.0 Å². The molecule has 0 atom stereocenters. The van der Waals surface area contributed by atoms with Crippen molar-refractivity contribution in [3.8, 4) is 5.75 Å². The van der Waals surface area contributed by atoms with Crippen molar-refractivity contribution in [3.05, 3.63) is 59.9 Å². The molecule has 1 amide bonds. The smallest absolute Gasteiger partial charge is 0.243 e. The highest BCUT2D eigenvalue weighted by molar-refractivity contribution is 7.89. The molecular formula is C26H32N2O5S. The van der Waals surface area contributed by atoms with Crippen molar-refractivity contribution in [1.82, 2.24) is 9.21 Å². The maximum Gasteiger partial charge on any atom is 0.243 e. The molecule has 4 rings (SSSR count). The zero-order valence-electron chi connectivity index (χ0n) is 20.0. The van der Waals surface area contributed by atoms with Crippen molar-refractivity contribution in [2.45, 2.75) is 44.6 Å². The molecule has 2 aromatic carbocycles. The van der Waals surface area contributed by atoms with E-state index in [1.807, 2.05) is 45.2 Å². The second-order valence-corrected chi connectivity index (χ2v) is 10.6. The average Bonchev–Trinajstić information content (AvgIpc) is 3.21. The fraction of sp³-hybridized carbons (Fsp3) is 0.423. The van der Waals surface area contributed by atoms with E-state index in [0.29, 0.717) is 44.8 Å². The molecular weight excluding hydrogens is 452 g/mol. The number of ether oxygens (including phenoxy) is 1. The molecule has 0 radical (unpaired) electrons. The van der Waals surface area contributed by atoms with Crippen LogP contribution in [0.5, 0.6) is 5.75 Å². The Hall–Kier alpha value is -2.84. The Kier molecular flexibility index (Phi) is 7.28. The molecule has 7 nitrogen and oxygen atoms in total. The molecule has 3 aromatic rings. The van der Waals surface area contributed by atoms with Crippen molar-refractivity contribution >= 4 is 26.9 Å². The summed E-state index contributed by atoms with van der Waals surface area (Å²) in [5, 5.41) is 1.04. The highest BCUT2D eigenvalue weighted by Gasteiger charge is 2.33. The van der Waals surface area contributed by atoms with Gasteiger partial charge >= 0.3 is 0 Å². The minimum Gasteiger partial charge on any atom is -0.494 e. The number of fused-ring (bicyclic) bond motifs is 1. The number of nitrogens with zero attached hydrogens (tertiary/aromatic N) is 2. The largest absolute Gasteiger partial charge is 0.494 e. The number of piperidine rings is 1. The van der Waals surface area contributed by atoms with Crippen LogP contribution >= 0.6 is 0 Å². The second-order valence-electron chi connectivity index (χ2n) is 8.63. The first kappa shape index (κ1) is 24.3. The van der Waals surface area contributed by atoms with Crippen molar-refractivity contribution in [3.63, 3.8) is 0 Å². The van der Waals surface area contributed by atoms with Crippen LogP contribution in [0, 0.1) is 5.92 Å². The second kappa shape index (κ2) is 10.2. The predicted molar refractivity (Wildman–Crippen MR) is 131 cm³/mol. The fourth-order valence-corrected chi connectivity index (χ4v) is 6.07. The van der Waals surface area contributed by atoms with Crippen LogP contribution in [0.25, 0.3) is 11.0 Å². The molecule has 1 fully saturated rings. The van der Waals surface area contributed by atoms with Gasteiger partial charge in [0.2, 0.25) is 15.9 Å². The van der Waals surface area contributed by atoms with Gasteiger partial charge in [-0.2, -0.15) is 4.31 Å². The highest BCUT2D eigenvalue weighted by Crippen LogP contribution is 2.29. The molecule has 0 unspecified atom stereocenters. The van der Waals surface area contributed by atoms with Crippen LogP contribution in [0.1, 0.15) is 38.0 Å². The van der Waals surface area contributed by atoms with E-state index in [0.717, 1.165) is 28.7 Å². The van der Waals surface area contributed by atoms with Crippen molar-refractivity contribution in [2.75, 3.05) is 26.7 Å². The van der Waals surface area contributed by atoms with Gasteiger partial charge < -0.3 is 14.1 Å². The number of hydrogen-bond acceptors (Lipinski definition) is 5. The topological polar surface area (TPSA) is 80.1 Å². The van der Waals surface area contributed by atoms with Gasteiger partial charge in [0, 0.05) is 50.0 Å². The molecule has 0 aliphatic carbocycles. The minimum atomic E-state index is -3.60. The van der Waals surface area contributed by atoms with Gasteiger partial charge in [-0.1, -0.05) is 25.1 Å². The van der Waals surface area contributed by atoms with Gasteiger partial charge in [-0.3, -0.25) is 4.79 Å². The van der Waals surface area contributed by atoms with E-state index in [1.54, 1.807) is 29.2 Å². The van der Waals surface area contributed by atoms with Crippen LogP contribution < -0.4 is 4.74 Å². The van der Waals surface area contributed by atoms with Crippen LogP contribution in [0.15, 0.2) is 57.8 Å². The number of amides is 1. The third-order valence-corrected chi connectivity index (χ3v) is 8.36. The monoisotopic (exact) mass is 484 g/mol. The Morgan fingerprint density at radius 1 is 1.09 bits per heavy atom. The number of carbonyl (C=O) groups is 1. The van der Waals surface area contributed by atoms with Crippen LogP contribution in [0.3, 0.4) is 0 Å². The standard InChI is InChI=1S/C26H32N2O5S/c1-4-24-23(22-8-6-7-9-25(22)33-24)18-27(3)26(29)19-14-16-28(17-15-19)34(30,31)21-12-10-20(11-13-21)32-5-2/h6-13,19H,4-5,14-18H2,1-3H3. The van der Waals surface area contributed by atoms with Crippen LogP contribution in [0.2, 0.25) is 0 Å². The molecule has 34 heavy (non-hydrogen) atoms. The lowest BCUT2D eigenvalue weighted by molar-refractivity contribution is -0.135. The Morgan fingerprint density at radius 2 is 1.76 bits per heavy atom. The minimum absolute atomic E-state index is 0.0467. The molecule has 0 bridgehead atoms. The lowest BCUT2D eigenvalue weighted by atomic mass is 9.96. The van der Waals surface area contributed by atoms with Crippen molar-refractivity contribution < 1.29 is 22.4 Å². The van der Waals surface area contributed by atoms with E-state index in [1.165, 1.54) is 4.31 Å². The number of sulfonamides is 1. The molecule has 182 valence electrons. The Labute approximate surface area is 201 Å². The summed E-state index contributed by atoms with van der Waals surface area (Å²) in [5.41, 5.74) is 1.88. The first-order chi connectivity index (χ1) is 16.3. The number of aryl methyl sites for hydroxylation is 1. The van der Waals surface area contributed by atoms with Crippen LogP contribution in [-0.4, -0.2) is 50.3 Å². The summed E-state index contributed by atoms with van der Waals surface area (Å²) < 4.78 is 39.0. The van der Waals surface area contributed by atoms with Gasteiger partial charge in [0.1, 0.15) is 17.1 Å². The summed E-state index contributed by atoms with van der Waals surface area (Å²) >= 11 is 0. The summed E-state index contributed by atoms with van der Waals surface area (Å²) in [7, 11) is -1.78. The lowest BCUT2D eigenvalue weighted by Crippen LogP contribution is -2.43. The van der Waals surface area contributed by atoms with Gasteiger partial charge in [0.05, 0.1) is 11.5 Å². The molecule has 8 heteroatoms. The highest BCUT2D eigenvalue weighted by atomic mass is 32.2. The predicted octanol–water partition coefficient (Wildman–Crippen LogP) is 4.45. The Morgan fingerprint density at radius 3 is 2.41 bits per heavy atom. The van der Waals surface area contributed by atoms with E-state index in [2.05, 4.69) is 0 Å². The average molecular weight is 485 g/mol. The van der Waals surface area contributed by atoms with Gasteiger partial charge in [-0.05, 0) is 50.1 Å². The number of benzene rings is 2. The van der Waals surface area contributed by atoms with Crippen LogP contribution in [0.4, 0.5) is 0 Å². The number of furan rings is 1.